The molecule has 1 aliphatic heterocycles. The van der Waals surface area contributed by atoms with Crippen LogP contribution in [0.1, 0.15) is 17.0 Å². The van der Waals surface area contributed by atoms with Gasteiger partial charge in [-0.1, -0.05) is 48.0 Å². The fourth-order valence-electron chi connectivity index (χ4n) is 4.34. The van der Waals surface area contributed by atoms with Crippen LogP contribution in [-0.2, 0) is 0 Å². The van der Waals surface area contributed by atoms with E-state index in [1.807, 2.05) is 4.52 Å². The molecule has 4 aromatic rings. The van der Waals surface area contributed by atoms with Crippen LogP contribution in [0.25, 0.3) is 16.8 Å². The highest BCUT2D eigenvalue weighted by atomic mass is 15.4. The second-order valence-electron chi connectivity index (χ2n) is 8.13. The van der Waals surface area contributed by atoms with Crippen LogP contribution in [0.3, 0.4) is 0 Å². The van der Waals surface area contributed by atoms with Crippen molar-refractivity contribution in [3.8, 4) is 11.1 Å². The van der Waals surface area contributed by atoms with Crippen LogP contribution in [0.2, 0.25) is 0 Å². The molecule has 0 spiro atoms. The van der Waals surface area contributed by atoms with Gasteiger partial charge < -0.3 is 9.80 Å². The number of hydrogen-bond acceptors (Lipinski definition) is 4. The van der Waals surface area contributed by atoms with E-state index >= 15 is 0 Å². The van der Waals surface area contributed by atoms with Crippen LogP contribution in [-0.4, -0.2) is 40.8 Å². The van der Waals surface area contributed by atoms with Gasteiger partial charge in [0, 0.05) is 49.2 Å². The Morgan fingerprint density at radius 2 is 1.43 bits per heavy atom. The normalized spacial score (nSPS) is 14.5. The Balaban J connectivity index is 1.50. The van der Waals surface area contributed by atoms with Gasteiger partial charge >= 0.3 is 0 Å². The van der Waals surface area contributed by atoms with Crippen molar-refractivity contribution >= 4 is 17.2 Å². The lowest BCUT2D eigenvalue weighted by Crippen LogP contribution is -2.47. The Kier molecular flexibility index (Phi) is 4.66. The summed E-state index contributed by atoms with van der Waals surface area (Å²) in [6.45, 7) is 10.2. The Bertz CT molecular complexity index is 1170. The lowest BCUT2D eigenvalue weighted by Gasteiger charge is -2.37. The van der Waals surface area contributed by atoms with Gasteiger partial charge in [0.2, 0.25) is 0 Å². The predicted octanol–water partition coefficient (Wildman–Crippen LogP) is 4.65. The number of rotatable bonds is 3. The van der Waals surface area contributed by atoms with Crippen LogP contribution >= 0.6 is 0 Å². The Morgan fingerprint density at radius 1 is 0.767 bits per heavy atom. The number of aromatic nitrogens is 3. The van der Waals surface area contributed by atoms with E-state index in [2.05, 4.69) is 91.2 Å². The molecule has 2 aromatic heterocycles. The zero-order chi connectivity index (χ0) is 20.7. The first-order valence-corrected chi connectivity index (χ1v) is 10.6. The smallest absolute Gasteiger partial charge is 0.165 e. The first-order chi connectivity index (χ1) is 14.6. The minimum Gasteiger partial charge on any atom is -0.368 e. The molecular weight excluding hydrogens is 370 g/mol. The van der Waals surface area contributed by atoms with Crippen LogP contribution in [0.15, 0.2) is 60.7 Å². The molecule has 0 saturated carbocycles. The summed E-state index contributed by atoms with van der Waals surface area (Å²) in [5.74, 6) is 1.13. The predicted molar refractivity (Wildman–Crippen MR) is 124 cm³/mol. The van der Waals surface area contributed by atoms with Crippen molar-refractivity contribution in [3.05, 3.63) is 77.6 Å². The third-order valence-corrected chi connectivity index (χ3v) is 5.94. The summed E-state index contributed by atoms with van der Waals surface area (Å²) in [5.41, 5.74) is 7.84. The van der Waals surface area contributed by atoms with Crippen molar-refractivity contribution in [1.29, 1.82) is 0 Å². The van der Waals surface area contributed by atoms with E-state index in [9.17, 15) is 0 Å². The third kappa shape index (κ3) is 3.30. The van der Waals surface area contributed by atoms with E-state index in [1.54, 1.807) is 0 Å². The summed E-state index contributed by atoms with van der Waals surface area (Å²) in [5, 5.41) is 4.90. The summed E-state index contributed by atoms with van der Waals surface area (Å²) in [4.78, 5) is 9.77. The lowest BCUT2D eigenvalue weighted by atomic mass is 10.0. The van der Waals surface area contributed by atoms with E-state index in [0.717, 1.165) is 54.6 Å². The topological polar surface area (TPSA) is 36.7 Å². The average Bonchev–Trinajstić information content (AvgIpc) is 3.10. The minimum absolute atomic E-state index is 0.942. The van der Waals surface area contributed by atoms with Crippen molar-refractivity contribution in [2.24, 2.45) is 0 Å². The summed E-state index contributed by atoms with van der Waals surface area (Å²) < 4.78 is 2.04. The Morgan fingerprint density at radius 3 is 2.13 bits per heavy atom. The zero-order valence-electron chi connectivity index (χ0n) is 17.8. The molecule has 1 fully saturated rings. The number of piperazine rings is 1. The minimum atomic E-state index is 0.942. The lowest BCUT2D eigenvalue weighted by molar-refractivity contribution is 0.638. The monoisotopic (exact) mass is 397 g/mol. The van der Waals surface area contributed by atoms with Gasteiger partial charge in [-0.25, -0.2) is 4.98 Å². The second kappa shape index (κ2) is 7.48. The summed E-state index contributed by atoms with van der Waals surface area (Å²) in [7, 11) is 0. The molecule has 0 N–H and O–H groups in total. The molecule has 30 heavy (non-hydrogen) atoms. The molecule has 0 radical (unpaired) electrons. The number of aryl methyl sites for hydroxylation is 3. The van der Waals surface area contributed by atoms with Crippen LogP contribution < -0.4 is 9.80 Å². The van der Waals surface area contributed by atoms with Crippen LogP contribution in [0.4, 0.5) is 11.5 Å². The Labute approximate surface area is 177 Å². The molecule has 0 bridgehead atoms. The number of para-hydroxylation sites is 1. The molecule has 0 unspecified atom stereocenters. The van der Waals surface area contributed by atoms with Crippen molar-refractivity contribution in [2.75, 3.05) is 36.0 Å². The molecule has 3 heterocycles. The molecule has 1 aliphatic rings. The summed E-state index contributed by atoms with van der Waals surface area (Å²) in [6, 6.07) is 21.5. The van der Waals surface area contributed by atoms with Gasteiger partial charge in [0.05, 0.1) is 5.69 Å². The summed E-state index contributed by atoms with van der Waals surface area (Å²) >= 11 is 0. The van der Waals surface area contributed by atoms with Crippen molar-refractivity contribution in [2.45, 2.75) is 20.8 Å². The van der Waals surface area contributed by atoms with Gasteiger partial charge in [-0.3, -0.25) is 0 Å². The van der Waals surface area contributed by atoms with E-state index in [1.165, 1.54) is 16.8 Å². The van der Waals surface area contributed by atoms with Crippen molar-refractivity contribution in [3.63, 3.8) is 0 Å². The molecule has 0 atom stereocenters. The van der Waals surface area contributed by atoms with Crippen molar-refractivity contribution < 1.29 is 0 Å². The fourth-order valence-corrected chi connectivity index (χ4v) is 4.34. The van der Waals surface area contributed by atoms with Gasteiger partial charge in [0.1, 0.15) is 5.82 Å². The number of anilines is 2. The number of hydrogen-bond donors (Lipinski definition) is 0. The van der Waals surface area contributed by atoms with E-state index in [4.69, 9.17) is 10.1 Å². The van der Waals surface area contributed by atoms with E-state index < -0.39 is 0 Å². The average molecular weight is 398 g/mol. The Hall–Kier alpha value is -3.34. The summed E-state index contributed by atoms with van der Waals surface area (Å²) in [6.07, 6.45) is 0. The standard InChI is InChI=1S/C25H27N5/c1-18-9-11-21(12-10-18)24-20(3)27-30-23(17-19(2)26-25(24)30)29-15-13-28(14-16-29)22-7-5-4-6-8-22/h4-12,17H,13-16H2,1-3H3. The molecule has 1 saturated heterocycles. The van der Waals surface area contributed by atoms with Gasteiger partial charge in [0.25, 0.3) is 0 Å². The quantitative estimate of drug-likeness (QED) is 0.504. The van der Waals surface area contributed by atoms with Gasteiger partial charge in [-0.05, 0) is 38.5 Å². The molecule has 0 aliphatic carbocycles. The maximum atomic E-state index is 4.90. The van der Waals surface area contributed by atoms with E-state index in [-0.39, 0.29) is 0 Å². The number of fused-ring (bicyclic) bond motifs is 1. The molecule has 152 valence electrons. The van der Waals surface area contributed by atoms with E-state index in [0.29, 0.717) is 0 Å². The third-order valence-electron chi connectivity index (χ3n) is 5.94. The highest BCUT2D eigenvalue weighted by Gasteiger charge is 2.22. The molecular formula is C25H27N5. The van der Waals surface area contributed by atoms with Crippen molar-refractivity contribution in [1.82, 2.24) is 14.6 Å². The second-order valence-corrected chi connectivity index (χ2v) is 8.13. The molecule has 5 heteroatoms. The zero-order valence-corrected chi connectivity index (χ0v) is 17.8. The molecule has 5 nitrogen and oxygen atoms in total. The van der Waals surface area contributed by atoms with Crippen LogP contribution in [0.5, 0.6) is 0 Å². The van der Waals surface area contributed by atoms with Gasteiger partial charge in [-0.2, -0.15) is 9.61 Å². The molecule has 0 amide bonds. The first-order valence-electron chi connectivity index (χ1n) is 10.6. The van der Waals surface area contributed by atoms with Gasteiger partial charge in [0.15, 0.2) is 5.65 Å². The first kappa shape index (κ1) is 18.7. The molecule has 5 rings (SSSR count). The SMILES string of the molecule is Cc1ccc(-c2c(C)nn3c(N4CCN(c5ccccc5)CC4)cc(C)nc23)cc1. The fraction of sp³-hybridized carbons (Fsp3) is 0.280. The maximum Gasteiger partial charge on any atom is 0.165 e. The largest absolute Gasteiger partial charge is 0.368 e. The number of benzene rings is 2. The van der Waals surface area contributed by atoms with Crippen LogP contribution in [0, 0.1) is 20.8 Å². The highest BCUT2D eigenvalue weighted by molar-refractivity contribution is 5.81. The number of nitrogens with zero attached hydrogens (tertiary/aromatic N) is 5. The van der Waals surface area contributed by atoms with Gasteiger partial charge in [-0.15, -0.1) is 0 Å². The highest BCUT2D eigenvalue weighted by Crippen LogP contribution is 2.31. The molecule has 2 aromatic carbocycles. The maximum absolute atomic E-state index is 4.90.